The molecule has 11 nitrogen and oxygen atoms in total. The maximum atomic E-state index is 13.1. The lowest BCUT2D eigenvalue weighted by Gasteiger charge is -2.34. The Balaban J connectivity index is 1.49. The zero-order chi connectivity index (χ0) is 23.8. The fraction of sp³-hybridized carbons (Fsp3) is 0.571. The van der Waals surface area contributed by atoms with Gasteiger partial charge >= 0.3 is 11.8 Å². The highest BCUT2D eigenvalue weighted by Crippen LogP contribution is 2.23. The molecule has 1 aromatic rings. The minimum Gasteiger partial charge on any atom is -0.497 e. The predicted octanol–water partition coefficient (Wildman–Crippen LogP) is -0.323. The molecular formula is C21H30N4O7S. The van der Waals surface area contributed by atoms with Crippen molar-refractivity contribution in [3.05, 3.63) is 24.3 Å². The lowest BCUT2D eigenvalue weighted by Crippen LogP contribution is -2.53. The number of methoxy groups -OCH3 is 1. The van der Waals surface area contributed by atoms with Gasteiger partial charge in [0.2, 0.25) is 15.9 Å². The second-order valence-electron chi connectivity index (χ2n) is 7.77. The summed E-state index contributed by atoms with van der Waals surface area (Å²) in [5, 5.41) is 4.96. The number of nitrogens with one attached hydrogen (secondary N) is 2. The molecule has 1 aromatic carbocycles. The number of benzene rings is 1. The average Bonchev–Trinajstić information content (AvgIpc) is 3.24. The number of likely N-dealkylation sites (tertiary alicyclic amines) is 1. The summed E-state index contributed by atoms with van der Waals surface area (Å²) in [5.41, 5.74) is 0. The molecule has 2 saturated heterocycles. The van der Waals surface area contributed by atoms with Crippen LogP contribution in [0, 0.1) is 0 Å². The number of rotatable bonds is 9. The lowest BCUT2D eigenvalue weighted by atomic mass is 10.3. The highest BCUT2D eigenvalue weighted by molar-refractivity contribution is 7.89. The zero-order valence-electron chi connectivity index (χ0n) is 18.6. The van der Waals surface area contributed by atoms with Gasteiger partial charge in [-0.15, -0.1) is 0 Å². The van der Waals surface area contributed by atoms with E-state index in [1.54, 1.807) is 17.0 Å². The maximum Gasteiger partial charge on any atom is 0.309 e. The van der Waals surface area contributed by atoms with Crippen molar-refractivity contribution in [1.29, 1.82) is 0 Å². The molecule has 2 heterocycles. The third-order valence-corrected chi connectivity index (χ3v) is 7.43. The normalized spacial score (nSPS) is 19.4. The molecule has 12 heteroatoms. The highest BCUT2D eigenvalue weighted by Gasteiger charge is 2.35. The predicted molar refractivity (Wildman–Crippen MR) is 118 cm³/mol. The fourth-order valence-corrected chi connectivity index (χ4v) is 5.30. The quantitative estimate of drug-likeness (QED) is 0.364. The molecule has 1 unspecified atom stereocenters. The first-order valence-corrected chi connectivity index (χ1v) is 12.4. The van der Waals surface area contributed by atoms with Crippen LogP contribution in [0.1, 0.15) is 25.7 Å². The number of hydrogen-bond donors (Lipinski definition) is 2. The Morgan fingerprint density at radius 2 is 1.85 bits per heavy atom. The molecule has 3 amide bonds. The van der Waals surface area contributed by atoms with E-state index >= 15 is 0 Å². The molecule has 182 valence electrons. The smallest absolute Gasteiger partial charge is 0.309 e. The van der Waals surface area contributed by atoms with Crippen LogP contribution in [0.5, 0.6) is 5.75 Å². The number of hydrogen-bond acceptors (Lipinski definition) is 7. The molecule has 2 aliphatic rings. The molecule has 33 heavy (non-hydrogen) atoms. The summed E-state index contributed by atoms with van der Waals surface area (Å²) in [6.45, 7) is 1.93. The van der Waals surface area contributed by atoms with Gasteiger partial charge in [0.15, 0.2) is 0 Å². The molecule has 0 radical (unpaired) electrons. The van der Waals surface area contributed by atoms with E-state index in [9.17, 15) is 22.8 Å². The Hall–Kier alpha value is -2.70. The number of carbonyl (C=O) groups is 3. The third kappa shape index (κ3) is 6.42. The Labute approximate surface area is 193 Å². The largest absolute Gasteiger partial charge is 0.497 e. The maximum absolute atomic E-state index is 13.1. The standard InChI is InChI=1S/C21H30N4O7S/c1-31-16-6-8-17(9-7-16)33(29,30)25-13-4-14-32-19(25)15-23-21(28)20(27)22-10-3-12-24-11-2-5-18(24)26/h6-9,19H,2-5,10-15H2,1H3,(H,22,27)(H,23,28). The van der Waals surface area contributed by atoms with Crippen molar-refractivity contribution in [2.24, 2.45) is 0 Å². The summed E-state index contributed by atoms with van der Waals surface area (Å²) in [6, 6.07) is 6.00. The minimum absolute atomic E-state index is 0.0827. The Kier molecular flexibility index (Phi) is 8.64. The summed E-state index contributed by atoms with van der Waals surface area (Å²) in [4.78, 5) is 37.6. The summed E-state index contributed by atoms with van der Waals surface area (Å²) in [6.07, 6.45) is 1.54. The van der Waals surface area contributed by atoms with Crippen molar-refractivity contribution in [3.8, 4) is 5.75 Å². The van der Waals surface area contributed by atoms with Gasteiger partial charge in [0.05, 0.1) is 25.2 Å². The van der Waals surface area contributed by atoms with Crippen LogP contribution in [0.2, 0.25) is 0 Å². The van der Waals surface area contributed by atoms with Crippen LogP contribution in [-0.2, 0) is 29.1 Å². The van der Waals surface area contributed by atoms with Crippen LogP contribution in [0.4, 0.5) is 0 Å². The van der Waals surface area contributed by atoms with Crippen LogP contribution >= 0.6 is 0 Å². The van der Waals surface area contributed by atoms with E-state index in [0.717, 1.165) is 13.0 Å². The first-order valence-electron chi connectivity index (χ1n) is 10.9. The first-order chi connectivity index (χ1) is 15.8. The second kappa shape index (κ2) is 11.4. The molecule has 0 bridgehead atoms. The number of carbonyl (C=O) groups excluding carboxylic acids is 3. The summed E-state index contributed by atoms with van der Waals surface area (Å²) < 4.78 is 38.0. The van der Waals surface area contributed by atoms with Gasteiger partial charge in [-0.05, 0) is 43.5 Å². The minimum atomic E-state index is -3.87. The molecule has 2 fully saturated rings. The molecule has 3 rings (SSSR count). The molecule has 2 aliphatic heterocycles. The Morgan fingerprint density at radius 1 is 1.12 bits per heavy atom. The van der Waals surface area contributed by atoms with Crippen LogP contribution in [0.3, 0.4) is 0 Å². The fourth-order valence-electron chi connectivity index (χ4n) is 3.74. The molecule has 2 N–H and O–H groups in total. The van der Waals surface area contributed by atoms with E-state index < -0.39 is 28.1 Å². The molecule has 0 spiro atoms. The number of ether oxygens (including phenoxy) is 2. The van der Waals surface area contributed by atoms with Crippen molar-refractivity contribution in [3.63, 3.8) is 0 Å². The topological polar surface area (TPSA) is 134 Å². The lowest BCUT2D eigenvalue weighted by molar-refractivity contribution is -0.140. The van der Waals surface area contributed by atoms with E-state index in [2.05, 4.69) is 10.6 Å². The van der Waals surface area contributed by atoms with Gasteiger partial charge in [0.25, 0.3) is 0 Å². The first kappa shape index (κ1) is 24.9. The van der Waals surface area contributed by atoms with Gasteiger partial charge in [0, 0.05) is 32.6 Å². The van der Waals surface area contributed by atoms with Gasteiger partial charge in [-0.2, -0.15) is 4.31 Å². The van der Waals surface area contributed by atoms with Crippen LogP contribution in [0.15, 0.2) is 29.2 Å². The second-order valence-corrected chi connectivity index (χ2v) is 9.66. The monoisotopic (exact) mass is 482 g/mol. The van der Waals surface area contributed by atoms with Crippen LogP contribution < -0.4 is 15.4 Å². The van der Waals surface area contributed by atoms with E-state index in [1.807, 2.05) is 0 Å². The SMILES string of the molecule is COc1ccc(S(=O)(=O)N2CCCOC2CNC(=O)C(=O)NCCCN2CCCC2=O)cc1. The summed E-state index contributed by atoms with van der Waals surface area (Å²) in [5.74, 6) is -1.04. The van der Waals surface area contributed by atoms with E-state index in [0.29, 0.717) is 38.2 Å². The van der Waals surface area contributed by atoms with Crippen LogP contribution in [-0.4, -0.2) is 88.0 Å². The average molecular weight is 483 g/mol. The third-order valence-electron chi connectivity index (χ3n) is 5.53. The van der Waals surface area contributed by atoms with Crippen molar-refractivity contribution in [2.45, 2.75) is 36.8 Å². The number of sulfonamides is 1. The molecule has 0 aliphatic carbocycles. The van der Waals surface area contributed by atoms with E-state index in [-0.39, 0.29) is 30.4 Å². The van der Waals surface area contributed by atoms with Gasteiger partial charge in [0.1, 0.15) is 12.0 Å². The molecule has 1 atom stereocenters. The van der Waals surface area contributed by atoms with Crippen molar-refractivity contribution in [1.82, 2.24) is 19.8 Å². The van der Waals surface area contributed by atoms with Crippen LogP contribution in [0.25, 0.3) is 0 Å². The zero-order valence-corrected chi connectivity index (χ0v) is 19.4. The van der Waals surface area contributed by atoms with Crippen molar-refractivity contribution in [2.75, 3.05) is 46.4 Å². The summed E-state index contributed by atoms with van der Waals surface area (Å²) in [7, 11) is -2.37. The summed E-state index contributed by atoms with van der Waals surface area (Å²) >= 11 is 0. The van der Waals surface area contributed by atoms with Gasteiger partial charge in [-0.3, -0.25) is 14.4 Å². The van der Waals surface area contributed by atoms with Gasteiger partial charge in [-0.25, -0.2) is 8.42 Å². The number of nitrogens with zero attached hydrogens (tertiary/aromatic N) is 2. The molecular weight excluding hydrogens is 452 g/mol. The van der Waals surface area contributed by atoms with Crippen molar-refractivity contribution < 1.29 is 32.3 Å². The van der Waals surface area contributed by atoms with E-state index in [1.165, 1.54) is 23.5 Å². The van der Waals surface area contributed by atoms with Crippen molar-refractivity contribution >= 4 is 27.7 Å². The molecule has 0 saturated carbocycles. The number of amides is 3. The highest BCUT2D eigenvalue weighted by atomic mass is 32.2. The Morgan fingerprint density at radius 3 is 2.52 bits per heavy atom. The van der Waals surface area contributed by atoms with E-state index in [4.69, 9.17) is 9.47 Å². The Bertz CT molecular complexity index is 952. The van der Waals surface area contributed by atoms with Gasteiger partial charge in [-0.1, -0.05) is 0 Å². The van der Waals surface area contributed by atoms with Gasteiger partial charge < -0.3 is 25.0 Å². The molecule has 0 aromatic heterocycles.